The monoisotopic (exact) mass is 402 g/mol. The summed E-state index contributed by atoms with van der Waals surface area (Å²) in [6, 6.07) is 8.12. The Morgan fingerprint density at radius 2 is 1.97 bits per heavy atom. The molecule has 7 nitrogen and oxygen atoms in total. The highest BCUT2D eigenvalue weighted by molar-refractivity contribution is 5.93. The van der Waals surface area contributed by atoms with Gasteiger partial charge in [-0.3, -0.25) is 19.6 Å². The highest BCUT2D eigenvalue weighted by Gasteiger charge is 2.67. The molecular formula is C23H22N4O3. The summed E-state index contributed by atoms with van der Waals surface area (Å²) in [6.07, 6.45) is 7.03. The van der Waals surface area contributed by atoms with Crippen LogP contribution in [0, 0.1) is 18.8 Å². The van der Waals surface area contributed by atoms with Crippen LogP contribution in [0.15, 0.2) is 48.8 Å². The normalized spacial score (nSPS) is 30.8. The minimum absolute atomic E-state index is 0.0118. The van der Waals surface area contributed by atoms with Crippen LogP contribution in [0.2, 0.25) is 0 Å². The highest BCUT2D eigenvalue weighted by atomic mass is 16.5. The Kier molecular flexibility index (Phi) is 3.68. The molecular weight excluding hydrogens is 380 g/mol. The number of fused-ring (bicyclic) bond motifs is 2. The molecule has 1 aromatic carbocycles. The smallest absolute Gasteiger partial charge is 0.230 e. The van der Waals surface area contributed by atoms with E-state index in [-0.39, 0.29) is 17.9 Å². The molecule has 1 aromatic heterocycles. The number of likely N-dealkylation sites (tertiary alicyclic amines) is 1. The maximum absolute atomic E-state index is 13.5. The number of hydrogen-bond acceptors (Lipinski definition) is 5. The van der Waals surface area contributed by atoms with Gasteiger partial charge in [0.05, 0.1) is 48.6 Å². The number of amides is 2. The quantitative estimate of drug-likeness (QED) is 0.729. The number of hydrogen-bond donors (Lipinski definition) is 0. The number of carbonyl (C=O) groups excluding carboxylic acids is 2. The van der Waals surface area contributed by atoms with Crippen LogP contribution < -0.4 is 0 Å². The van der Waals surface area contributed by atoms with Gasteiger partial charge in [-0.2, -0.15) is 0 Å². The fourth-order valence-corrected chi connectivity index (χ4v) is 5.39. The van der Waals surface area contributed by atoms with E-state index in [4.69, 9.17) is 4.74 Å². The Morgan fingerprint density at radius 3 is 2.67 bits per heavy atom. The first-order chi connectivity index (χ1) is 14.5. The minimum atomic E-state index is -0.702. The van der Waals surface area contributed by atoms with Gasteiger partial charge in [0.2, 0.25) is 11.8 Å². The van der Waals surface area contributed by atoms with E-state index in [0.29, 0.717) is 26.2 Å². The molecule has 4 aliphatic rings. The first-order valence-corrected chi connectivity index (χ1v) is 10.3. The molecule has 4 atom stereocenters. The molecule has 5 heterocycles. The van der Waals surface area contributed by atoms with Gasteiger partial charge in [0.1, 0.15) is 5.60 Å². The van der Waals surface area contributed by atoms with Gasteiger partial charge < -0.3 is 14.5 Å². The molecule has 0 aliphatic carbocycles. The van der Waals surface area contributed by atoms with E-state index in [0.717, 1.165) is 11.4 Å². The molecule has 4 aliphatic heterocycles. The number of ether oxygens (including phenoxy) is 1. The largest absolute Gasteiger partial charge is 0.360 e. The van der Waals surface area contributed by atoms with Gasteiger partial charge in [0.15, 0.2) is 0 Å². The Balaban J connectivity index is 1.25. The number of nitrogens with zero attached hydrogens (tertiary/aromatic N) is 4. The van der Waals surface area contributed by atoms with Gasteiger partial charge in [-0.1, -0.05) is 36.4 Å². The molecule has 7 heteroatoms. The van der Waals surface area contributed by atoms with Crippen molar-refractivity contribution in [2.75, 3.05) is 6.54 Å². The predicted molar refractivity (Wildman–Crippen MR) is 107 cm³/mol. The van der Waals surface area contributed by atoms with Crippen LogP contribution in [-0.4, -0.2) is 49.8 Å². The highest BCUT2D eigenvalue weighted by Crippen LogP contribution is 2.52. The number of aromatic nitrogens is 2. The lowest BCUT2D eigenvalue weighted by molar-refractivity contribution is -0.143. The van der Waals surface area contributed by atoms with Crippen molar-refractivity contribution in [3.63, 3.8) is 0 Å². The molecule has 2 bridgehead atoms. The van der Waals surface area contributed by atoms with Crippen molar-refractivity contribution in [2.24, 2.45) is 11.8 Å². The van der Waals surface area contributed by atoms with Crippen molar-refractivity contribution in [3.05, 3.63) is 71.3 Å². The predicted octanol–water partition coefficient (Wildman–Crippen LogP) is 1.61. The van der Waals surface area contributed by atoms with Crippen molar-refractivity contribution in [1.29, 1.82) is 0 Å². The lowest BCUT2D eigenvalue weighted by atomic mass is 9.76. The number of carbonyl (C=O) groups is 2. The van der Waals surface area contributed by atoms with Crippen molar-refractivity contribution in [2.45, 2.75) is 38.3 Å². The molecule has 2 amide bonds. The Bertz CT molecular complexity index is 1060. The Labute approximate surface area is 174 Å². The van der Waals surface area contributed by atoms with Crippen molar-refractivity contribution < 1.29 is 14.3 Å². The lowest BCUT2D eigenvalue weighted by Crippen LogP contribution is -2.44. The summed E-state index contributed by atoms with van der Waals surface area (Å²) in [5, 5.41) is 0. The van der Waals surface area contributed by atoms with Gasteiger partial charge in [0.25, 0.3) is 0 Å². The summed E-state index contributed by atoms with van der Waals surface area (Å²) in [5.74, 6) is -0.954. The average Bonchev–Trinajstić information content (AvgIpc) is 3.49. The zero-order valence-electron chi connectivity index (χ0n) is 16.7. The first-order valence-electron chi connectivity index (χ1n) is 10.3. The molecule has 2 unspecified atom stereocenters. The van der Waals surface area contributed by atoms with Crippen molar-refractivity contribution >= 4 is 11.8 Å². The summed E-state index contributed by atoms with van der Waals surface area (Å²) < 4.78 is 6.25. The van der Waals surface area contributed by atoms with E-state index < -0.39 is 17.4 Å². The van der Waals surface area contributed by atoms with Crippen LogP contribution in [0.5, 0.6) is 0 Å². The summed E-state index contributed by atoms with van der Waals surface area (Å²) >= 11 is 0. The molecule has 1 spiro atoms. The number of aryl methyl sites for hydroxylation is 1. The van der Waals surface area contributed by atoms with Gasteiger partial charge in [-0.15, -0.1) is 0 Å². The van der Waals surface area contributed by atoms with Gasteiger partial charge in [0, 0.05) is 19.3 Å². The van der Waals surface area contributed by atoms with Crippen LogP contribution in [0.1, 0.15) is 22.5 Å². The third-order valence-electron chi connectivity index (χ3n) is 6.80. The SMILES string of the molecule is Cc1cnc(CN2C[C@]34C=C[C@H](O3)C(C(=O)N3Cc5ccccc5C3)C4C2=O)cn1. The molecule has 0 saturated carbocycles. The number of benzene rings is 1. The molecule has 30 heavy (non-hydrogen) atoms. The van der Waals surface area contributed by atoms with E-state index >= 15 is 0 Å². The Hall–Kier alpha value is -3.06. The third-order valence-corrected chi connectivity index (χ3v) is 6.80. The van der Waals surface area contributed by atoms with Crippen LogP contribution in [0.3, 0.4) is 0 Å². The second kappa shape index (κ2) is 6.22. The summed E-state index contributed by atoms with van der Waals surface area (Å²) in [7, 11) is 0. The average molecular weight is 402 g/mol. The molecule has 2 saturated heterocycles. The first kappa shape index (κ1) is 17.8. The fraction of sp³-hybridized carbons (Fsp3) is 0.391. The van der Waals surface area contributed by atoms with Crippen LogP contribution >= 0.6 is 0 Å². The summed E-state index contributed by atoms with van der Waals surface area (Å²) in [6.45, 7) is 3.90. The molecule has 152 valence electrons. The van der Waals surface area contributed by atoms with Gasteiger partial charge in [-0.25, -0.2) is 0 Å². The van der Waals surface area contributed by atoms with E-state index in [2.05, 4.69) is 22.1 Å². The Morgan fingerprint density at radius 1 is 1.20 bits per heavy atom. The van der Waals surface area contributed by atoms with Crippen LogP contribution in [0.25, 0.3) is 0 Å². The van der Waals surface area contributed by atoms with E-state index in [1.54, 1.807) is 17.3 Å². The van der Waals surface area contributed by atoms with E-state index in [1.807, 2.05) is 36.1 Å². The molecule has 6 rings (SSSR count). The van der Waals surface area contributed by atoms with E-state index in [1.165, 1.54) is 11.1 Å². The summed E-state index contributed by atoms with van der Waals surface area (Å²) in [5.41, 5.74) is 3.23. The second-order valence-corrected chi connectivity index (χ2v) is 8.71. The van der Waals surface area contributed by atoms with Crippen LogP contribution in [-0.2, 0) is 34.0 Å². The zero-order chi connectivity index (χ0) is 20.5. The van der Waals surface area contributed by atoms with Crippen molar-refractivity contribution in [3.8, 4) is 0 Å². The van der Waals surface area contributed by atoms with Gasteiger partial charge >= 0.3 is 0 Å². The topological polar surface area (TPSA) is 75.6 Å². The maximum Gasteiger partial charge on any atom is 0.230 e. The van der Waals surface area contributed by atoms with Crippen LogP contribution in [0.4, 0.5) is 0 Å². The van der Waals surface area contributed by atoms with Crippen molar-refractivity contribution in [1.82, 2.24) is 19.8 Å². The standard InChI is InChI=1S/C23H22N4O3/c1-14-8-25-17(9-24-14)12-27-13-23-7-6-18(30-23)19(20(23)22(27)29)21(28)26-10-15-4-2-3-5-16(15)11-26/h2-9,18-20H,10-13H2,1H3/t18-,19?,20?,23-/m0/s1. The summed E-state index contributed by atoms with van der Waals surface area (Å²) in [4.78, 5) is 39.2. The maximum atomic E-state index is 13.5. The second-order valence-electron chi connectivity index (χ2n) is 8.71. The van der Waals surface area contributed by atoms with E-state index in [9.17, 15) is 9.59 Å². The minimum Gasteiger partial charge on any atom is -0.360 e. The molecule has 0 radical (unpaired) electrons. The fourth-order valence-electron chi connectivity index (χ4n) is 5.39. The zero-order valence-corrected chi connectivity index (χ0v) is 16.7. The third kappa shape index (κ3) is 2.48. The molecule has 2 aromatic rings. The lowest BCUT2D eigenvalue weighted by Gasteiger charge is -2.27. The van der Waals surface area contributed by atoms with Gasteiger partial charge in [-0.05, 0) is 18.1 Å². The molecule has 2 fully saturated rings. The molecule has 0 N–H and O–H groups in total. The number of rotatable bonds is 3.